The zero-order chi connectivity index (χ0) is 43.7. The molecule has 0 bridgehead atoms. The van der Waals surface area contributed by atoms with Crippen LogP contribution < -0.4 is 24.8 Å². The van der Waals surface area contributed by atoms with Crippen molar-refractivity contribution in [3.8, 4) is 22.8 Å². The number of fused-ring (bicyclic) bond motifs is 1. The van der Waals surface area contributed by atoms with Gasteiger partial charge in [0.1, 0.15) is 41.8 Å². The largest absolute Gasteiger partial charge is 0.497 e. The summed E-state index contributed by atoms with van der Waals surface area (Å²) in [6.07, 6.45) is 1.92. The summed E-state index contributed by atoms with van der Waals surface area (Å²) < 4.78 is 46.1. The summed E-state index contributed by atoms with van der Waals surface area (Å²) in [5, 5.41) is 6.33. The molecule has 2 saturated carbocycles. The van der Waals surface area contributed by atoms with E-state index in [1.807, 2.05) is 72.8 Å². The number of hydrogen-bond donors (Lipinski definition) is 3. The summed E-state index contributed by atoms with van der Waals surface area (Å²) in [4.78, 5) is 62.6. The van der Waals surface area contributed by atoms with E-state index >= 15 is 0 Å². The molecule has 1 saturated heterocycles. The molecule has 322 valence electrons. The molecular formula is C46H53N5O9S. The number of rotatable bonds is 16. The summed E-state index contributed by atoms with van der Waals surface area (Å²) in [6, 6.07) is 23.8. The number of pyridine rings is 1. The van der Waals surface area contributed by atoms with Crippen molar-refractivity contribution in [2.24, 2.45) is 11.3 Å². The van der Waals surface area contributed by atoms with E-state index in [4.69, 9.17) is 19.2 Å². The monoisotopic (exact) mass is 851 g/mol. The van der Waals surface area contributed by atoms with Gasteiger partial charge in [-0.05, 0) is 48.8 Å². The van der Waals surface area contributed by atoms with Crippen LogP contribution in [0, 0.1) is 11.3 Å². The lowest BCUT2D eigenvalue weighted by molar-refractivity contribution is -0.145. The first kappa shape index (κ1) is 43.3. The summed E-state index contributed by atoms with van der Waals surface area (Å²) in [5.74, 6) is -2.09. The van der Waals surface area contributed by atoms with E-state index in [9.17, 15) is 27.6 Å². The third-order valence-electron chi connectivity index (χ3n) is 11.9. The lowest BCUT2D eigenvalue weighted by atomic mass is 9.85. The van der Waals surface area contributed by atoms with Crippen molar-refractivity contribution in [1.29, 1.82) is 0 Å². The number of ether oxygens (including phenoxy) is 3. The van der Waals surface area contributed by atoms with E-state index in [-0.39, 0.29) is 32.4 Å². The summed E-state index contributed by atoms with van der Waals surface area (Å²) in [6.45, 7) is 8.91. The second-order valence-corrected chi connectivity index (χ2v) is 19.4. The van der Waals surface area contributed by atoms with Crippen LogP contribution in [-0.2, 0) is 40.4 Å². The van der Waals surface area contributed by atoms with Crippen molar-refractivity contribution < 1.29 is 41.8 Å². The molecule has 0 spiro atoms. The van der Waals surface area contributed by atoms with Gasteiger partial charge in [0.15, 0.2) is 0 Å². The molecule has 2 aliphatic carbocycles. The minimum absolute atomic E-state index is 0.00996. The molecule has 1 unspecified atom stereocenters. The molecule has 5 atom stereocenters. The Kier molecular flexibility index (Phi) is 12.0. The van der Waals surface area contributed by atoms with Gasteiger partial charge >= 0.3 is 0 Å². The maximum absolute atomic E-state index is 14.7. The van der Waals surface area contributed by atoms with Gasteiger partial charge in [0.25, 0.3) is 5.91 Å². The van der Waals surface area contributed by atoms with Gasteiger partial charge in [0.05, 0.1) is 29.6 Å². The van der Waals surface area contributed by atoms with Crippen molar-refractivity contribution in [3.05, 3.63) is 103 Å². The molecule has 3 aliphatic rings. The van der Waals surface area contributed by atoms with Crippen LogP contribution in [0.15, 0.2) is 97.6 Å². The standard InChI is InChI=1S/C46H53N5O9S/c1-7-31-26-46(31,43(55)50-61(56,57)45(20-21-45)25-29-14-10-8-11-15-29)49-41(53)37-23-33(27-51(37)42(54)40(44(2,3)4)48-39(52)28-58-5)60-38-24-35(30-16-12-9-13-17-30)47-36-22-32(59-6)18-19-34(36)38/h7-19,22,24,31,33,37,40H,1,20-21,23,25-28H2,2-6H3,(H,48,52)(H,49,53)(H,50,55)/t31?,33-,37+,40-,46+/m1/s1. The van der Waals surface area contributed by atoms with E-state index < -0.39 is 73.5 Å². The van der Waals surface area contributed by atoms with Gasteiger partial charge in [0.2, 0.25) is 27.7 Å². The first-order chi connectivity index (χ1) is 29.0. The second kappa shape index (κ2) is 16.9. The third-order valence-corrected chi connectivity index (χ3v) is 14.1. The van der Waals surface area contributed by atoms with Gasteiger partial charge in [-0.2, -0.15) is 0 Å². The van der Waals surface area contributed by atoms with Crippen LogP contribution in [0.4, 0.5) is 0 Å². The van der Waals surface area contributed by atoms with Crippen molar-refractivity contribution >= 4 is 44.6 Å². The van der Waals surface area contributed by atoms with E-state index in [1.54, 1.807) is 40.0 Å². The zero-order valence-electron chi connectivity index (χ0n) is 35.1. The fraction of sp³-hybridized carbons (Fsp3) is 0.413. The number of sulfonamides is 1. The molecule has 14 nitrogen and oxygen atoms in total. The highest BCUT2D eigenvalue weighted by molar-refractivity contribution is 7.91. The van der Waals surface area contributed by atoms with Gasteiger partial charge in [-0.1, -0.05) is 87.5 Å². The Morgan fingerprint density at radius 2 is 1.67 bits per heavy atom. The molecule has 1 aromatic heterocycles. The number of nitrogens with one attached hydrogen (secondary N) is 3. The lowest BCUT2D eigenvalue weighted by Crippen LogP contribution is -2.60. The highest BCUT2D eigenvalue weighted by atomic mass is 32.2. The maximum atomic E-state index is 14.7. The molecule has 3 N–H and O–H groups in total. The molecule has 2 heterocycles. The summed E-state index contributed by atoms with van der Waals surface area (Å²) >= 11 is 0. The van der Waals surface area contributed by atoms with E-state index in [0.29, 0.717) is 40.9 Å². The smallest absolute Gasteiger partial charge is 0.259 e. The van der Waals surface area contributed by atoms with Crippen molar-refractivity contribution in [2.75, 3.05) is 27.4 Å². The van der Waals surface area contributed by atoms with Gasteiger partial charge in [-0.15, -0.1) is 6.58 Å². The molecule has 4 amide bonds. The Balaban J connectivity index is 1.19. The molecular weight excluding hydrogens is 799 g/mol. The summed E-state index contributed by atoms with van der Waals surface area (Å²) in [7, 11) is -1.23. The van der Waals surface area contributed by atoms with Crippen molar-refractivity contribution in [2.45, 2.75) is 81.3 Å². The van der Waals surface area contributed by atoms with Crippen LogP contribution in [0.5, 0.6) is 11.5 Å². The first-order valence-corrected chi connectivity index (χ1v) is 21.9. The van der Waals surface area contributed by atoms with Crippen molar-refractivity contribution in [3.63, 3.8) is 0 Å². The Hall–Kier alpha value is -5.80. The van der Waals surface area contributed by atoms with Crippen LogP contribution in [-0.4, -0.2) is 97.8 Å². The predicted octanol–water partition coefficient (Wildman–Crippen LogP) is 4.72. The normalized spacial score (nSPS) is 22.1. The topological polar surface area (TPSA) is 182 Å². The minimum Gasteiger partial charge on any atom is -0.497 e. The van der Waals surface area contributed by atoms with E-state index in [2.05, 4.69) is 21.9 Å². The molecule has 61 heavy (non-hydrogen) atoms. The van der Waals surface area contributed by atoms with Crippen LogP contribution in [0.1, 0.15) is 52.0 Å². The number of carbonyl (C=O) groups is 4. The second-order valence-electron chi connectivity index (χ2n) is 17.3. The van der Waals surface area contributed by atoms with Gasteiger partial charge in [0, 0.05) is 42.5 Å². The average Bonchev–Trinajstić information content (AvgIpc) is 4.14. The van der Waals surface area contributed by atoms with Gasteiger partial charge < -0.3 is 29.7 Å². The Morgan fingerprint density at radius 1 is 0.984 bits per heavy atom. The molecule has 1 aliphatic heterocycles. The minimum atomic E-state index is -4.17. The maximum Gasteiger partial charge on any atom is 0.259 e. The molecule has 3 aromatic carbocycles. The fourth-order valence-electron chi connectivity index (χ4n) is 8.17. The highest BCUT2D eigenvalue weighted by Crippen LogP contribution is 2.49. The number of methoxy groups -OCH3 is 2. The quantitative estimate of drug-likeness (QED) is 0.134. The average molecular weight is 852 g/mol. The zero-order valence-corrected chi connectivity index (χ0v) is 35.9. The first-order valence-electron chi connectivity index (χ1n) is 20.4. The predicted molar refractivity (Wildman–Crippen MR) is 230 cm³/mol. The Labute approximate surface area is 356 Å². The number of nitrogens with zero attached hydrogens (tertiary/aromatic N) is 2. The third kappa shape index (κ3) is 8.99. The number of carbonyl (C=O) groups excluding carboxylic acids is 4. The number of amides is 4. The van der Waals surface area contributed by atoms with Crippen LogP contribution in [0.2, 0.25) is 0 Å². The van der Waals surface area contributed by atoms with E-state index in [1.165, 1.54) is 18.1 Å². The molecule has 15 heteroatoms. The highest BCUT2D eigenvalue weighted by Gasteiger charge is 2.63. The van der Waals surface area contributed by atoms with Gasteiger partial charge in [-0.3, -0.25) is 23.9 Å². The number of aromatic nitrogens is 1. The number of likely N-dealkylation sites (tertiary alicyclic amines) is 1. The summed E-state index contributed by atoms with van der Waals surface area (Å²) in [5.41, 5.74) is 0.494. The molecule has 4 aromatic rings. The number of hydrogen-bond acceptors (Lipinski definition) is 10. The van der Waals surface area contributed by atoms with Crippen LogP contribution >= 0.6 is 0 Å². The fourth-order valence-corrected chi connectivity index (χ4v) is 9.81. The SMILES string of the molecule is C=CC1C[C@@]1(NC(=O)[C@@H]1C[C@@H](Oc2cc(-c3ccccc3)nc3cc(OC)ccc23)CN1C(=O)[C@@H](NC(=O)COC)C(C)(C)C)C(=O)NS(=O)(=O)C1(Cc2ccccc2)CC1. The molecule has 7 rings (SSSR count). The lowest BCUT2D eigenvalue weighted by Gasteiger charge is -2.35. The van der Waals surface area contributed by atoms with Gasteiger partial charge in [-0.25, -0.2) is 13.4 Å². The van der Waals surface area contributed by atoms with Crippen LogP contribution in [0.25, 0.3) is 22.2 Å². The van der Waals surface area contributed by atoms with Crippen LogP contribution in [0.3, 0.4) is 0 Å². The van der Waals surface area contributed by atoms with E-state index in [0.717, 1.165) is 11.1 Å². The Morgan fingerprint density at radius 3 is 2.28 bits per heavy atom. The molecule has 3 fully saturated rings. The Bertz CT molecular complexity index is 2440. The number of benzene rings is 3. The van der Waals surface area contributed by atoms with Crippen molar-refractivity contribution in [1.82, 2.24) is 25.2 Å². The molecule has 0 radical (unpaired) electrons.